The van der Waals surface area contributed by atoms with Gasteiger partial charge in [0.25, 0.3) is 0 Å². The molecule has 72 valence electrons. The van der Waals surface area contributed by atoms with E-state index in [1.807, 2.05) is 6.92 Å². The van der Waals surface area contributed by atoms with E-state index in [2.05, 4.69) is 10.2 Å². The second-order valence-electron chi connectivity index (χ2n) is 3.70. The summed E-state index contributed by atoms with van der Waals surface area (Å²) in [4.78, 5) is 0. The van der Waals surface area contributed by atoms with Crippen molar-refractivity contribution < 1.29 is 0 Å². The number of halogens is 1. The van der Waals surface area contributed by atoms with Crippen LogP contribution in [-0.2, 0) is 6.42 Å². The third kappa shape index (κ3) is 2.41. The molecule has 0 N–H and O–H groups in total. The molecule has 13 heavy (non-hydrogen) atoms. The van der Waals surface area contributed by atoms with E-state index in [9.17, 15) is 0 Å². The average Bonchev–Trinajstić information content (AvgIpc) is 2.62. The molecule has 1 aromatic rings. The van der Waals surface area contributed by atoms with Crippen LogP contribution in [0.1, 0.15) is 29.3 Å². The van der Waals surface area contributed by atoms with Gasteiger partial charge in [0.2, 0.25) is 0 Å². The Morgan fingerprint density at radius 2 is 2.31 bits per heavy atom. The largest absolute Gasteiger partial charge is 0.144 e. The average molecular weight is 217 g/mol. The molecule has 0 radical (unpaired) electrons. The molecular weight excluding hydrogens is 204 g/mol. The van der Waals surface area contributed by atoms with Gasteiger partial charge in [-0.25, -0.2) is 0 Å². The molecule has 0 aliphatic heterocycles. The fraction of sp³-hybridized carbons (Fsp3) is 0.778. The van der Waals surface area contributed by atoms with Crippen molar-refractivity contribution in [2.45, 2.75) is 38.0 Å². The molecule has 2 rings (SSSR count). The highest BCUT2D eigenvalue weighted by Crippen LogP contribution is 2.32. The summed E-state index contributed by atoms with van der Waals surface area (Å²) in [5, 5.41) is 10.8. The van der Waals surface area contributed by atoms with Crippen molar-refractivity contribution in [3.63, 3.8) is 0 Å². The normalized spacial score (nSPS) is 28.2. The first-order chi connectivity index (χ1) is 6.24. The van der Waals surface area contributed by atoms with Gasteiger partial charge < -0.3 is 0 Å². The Bertz CT molecular complexity index is 287. The van der Waals surface area contributed by atoms with Crippen molar-refractivity contribution in [3.05, 3.63) is 10.0 Å². The first kappa shape index (κ1) is 9.41. The Morgan fingerprint density at radius 1 is 1.46 bits per heavy atom. The predicted octanol–water partition coefficient (Wildman–Crippen LogP) is 2.80. The zero-order chi connectivity index (χ0) is 9.26. The summed E-state index contributed by atoms with van der Waals surface area (Å²) in [5.41, 5.74) is 0. The molecule has 0 saturated heterocycles. The molecule has 1 heterocycles. The van der Waals surface area contributed by atoms with E-state index in [4.69, 9.17) is 11.6 Å². The van der Waals surface area contributed by atoms with Gasteiger partial charge in [0.05, 0.1) is 0 Å². The Morgan fingerprint density at radius 3 is 2.85 bits per heavy atom. The summed E-state index contributed by atoms with van der Waals surface area (Å²) in [6.45, 7) is 2.00. The topological polar surface area (TPSA) is 25.8 Å². The number of nitrogens with zero attached hydrogens (tertiary/aromatic N) is 2. The van der Waals surface area contributed by atoms with Crippen LogP contribution in [0.15, 0.2) is 0 Å². The van der Waals surface area contributed by atoms with Crippen LogP contribution in [0.4, 0.5) is 0 Å². The Kier molecular flexibility index (Phi) is 2.84. The minimum atomic E-state index is 0.402. The quantitative estimate of drug-likeness (QED) is 0.711. The lowest BCUT2D eigenvalue weighted by Crippen LogP contribution is -1.99. The highest BCUT2D eigenvalue weighted by Gasteiger charge is 2.23. The van der Waals surface area contributed by atoms with Crippen LogP contribution < -0.4 is 0 Å². The summed E-state index contributed by atoms with van der Waals surface area (Å²) >= 11 is 7.76. The van der Waals surface area contributed by atoms with E-state index >= 15 is 0 Å². The molecule has 0 spiro atoms. The van der Waals surface area contributed by atoms with Crippen molar-refractivity contribution in [2.75, 3.05) is 0 Å². The second-order valence-corrected chi connectivity index (χ2v) is 5.58. The van der Waals surface area contributed by atoms with Gasteiger partial charge in [0.1, 0.15) is 10.0 Å². The van der Waals surface area contributed by atoms with Gasteiger partial charge in [-0.15, -0.1) is 33.1 Å². The minimum absolute atomic E-state index is 0.402. The van der Waals surface area contributed by atoms with Gasteiger partial charge in [-0.1, -0.05) is 0 Å². The second kappa shape index (κ2) is 3.93. The Balaban J connectivity index is 1.91. The first-order valence-electron chi connectivity index (χ1n) is 4.67. The molecule has 1 saturated carbocycles. The molecule has 0 bridgehead atoms. The summed E-state index contributed by atoms with van der Waals surface area (Å²) < 4.78 is 0. The van der Waals surface area contributed by atoms with Crippen LogP contribution in [0.3, 0.4) is 0 Å². The fourth-order valence-electron chi connectivity index (χ4n) is 1.87. The predicted molar refractivity (Wildman–Crippen MR) is 55.3 cm³/mol. The standard InChI is InChI=1S/C9H13ClN2S/c1-6-11-12-9(13-6)5-7-2-3-8(10)4-7/h7-8H,2-5H2,1H3. The van der Waals surface area contributed by atoms with Crippen molar-refractivity contribution in [2.24, 2.45) is 5.92 Å². The zero-order valence-electron chi connectivity index (χ0n) is 7.66. The van der Waals surface area contributed by atoms with Crippen molar-refractivity contribution in [3.8, 4) is 0 Å². The molecule has 2 unspecified atom stereocenters. The van der Waals surface area contributed by atoms with Gasteiger partial charge in [-0.2, -0.15) is 0 Å². The van der Waals surface area contributed by atoms with E-state index in [1.165, 1.54) is 17.8 Å². The van der Waals surface area contributed by atoms with Crippen molar-refractivity contribution >= 4 is 22.9 Å². The van der Waals surface area contributed by atoms with E-state index in [-0.39, 0.29) is 0 Å². The molecule has 1 fully saturated rings. The molecule has 1 aromatic heterocycles. The smallest absolute Gasteiger partial charge is 0.117 e. The van der Waals surface area contributed by atoms with Crippen LogP contribution in [-0.4, -0.2) is 15.6 Å². The van der Waals surface area contributed by atoms with Gasteiger partial charge in [0, 0.05) is 11.8 Å². The van der Waals surface area contributed by atoms with Gasteiger partial charge >= 0.3 is 0 Å². The number of rotatable bonds is 2. The Labute approximate surface area is 87.3 Å². The minimum Gasteiger partial charge on any atom is -0.144 e. The molecule has 4 heteroatoms. The monoisotopic (exact) mass is 216 g/mol. The van der Waals surface area contributed by atoms with Crippen LogP contribution in [0.2, 0.25) is 0 Å². The summed E-state index contributed by atoms with van der Waals surface area (Å²) in [6, 6.07) is 0. The number of aromatic nitrogens is 2. The molecule has 2 atom stereocenters. The number of alkyl halides is 1. The zero-order valence-corrected chi connectivity index (χ0v) is 9.24. The van der Waals surface area contributed by atoms with E-state index in [1.54, 1.807) is 11.3 Å². The lowest BCUT2D eigenvalue weighted by atomic mass is 10.1. The van der Waals surface area contributed by atoms with Gasteiger partial charge in [0.15, 0.2) is 0 Å². The first-order valence-corrected chi connectivity index (χ1v) is 5.92. The highest BCUT2D eigenvalue weighted by molar-refractivity contribution is 7.11. The molecular formula is C9H13ClN2S. The molecule has 2 nitrogen and oxygen atoms in total. The number of hydrogen-bond donors (Lipinski definition) is 0. The molecule has 0 aromatic carbocycles. The number of aryl methyl sites for hydroxylation is 1. The van der Waals surface area contributed by atoms with E-state index < -0.39 is 0 Å². The lowest BCUT2D eigenvalue weighted by Gasteiger charge is -2.04. The summed E-state index contributed by atoms with van der Waals surface area (Å²) in [5.74, 6) is 0.745. The summed E-state index contributed by atoms with van der Waals surface area (Å²) in [6.07, 6.45) is 4.66. The van der Waals surface area contributed by atoms with Crippen molar-refractivity contribution in [1.82, 2.24) is 10.2 Å². The maximum absolute atomic E-state index is 6.05. The maximum Gasteiger partial charge on any atom is 0.117 e. The molecule has 0 amide bonds. The van der Waals surface area contributed by atoms with E-state index in [0.717, 1.165) is 23.8 Å². The third-order valence-corrected chi connectivity index (χ3v) is 3.77. The number of hydrogen-bond acceptors (Lipinski definition) is 3. The van der Waals surface area contributed by atoms with Gasteiger partial charge in [-0.3, -0.25) is 0 Å². The molecule has 1 aliphatic carbocycles. The van der Waals surface area contributed by atoms with E-state index in [0.29, 0.717) is 5.38 Å². The van der Waals surface area contributed by atoms with Crippen LogP contribution in [0, 0.1) is 12.8 Å². The lowest BCUT2D eigenvalue weighted by molar-refractivity contribution is 0.543. The fourth-order valence-corrected chi connectivity index (χ4v) is 3.07. The third-order valence-electron chi connectivity index (χ3n) is 2.51. The van der Waals surface area contributed by atoms with Crippen LogP contribution >= 0.6 is 22.9 Å². The maximum atomic E-state index is 6.05. The summed E-state index contributed by atoms with van der Waals surface area (Å²) in [7, 11) is 0. The van der Waals surface area contributed by atoms with Crippen molar-refractivity contribution in [1.29, 1.82) is 0 Å². The van der Waals surface area contributed by atoms with Crippen LogP contribution in [0.25, 0.3) is 0 Å². The SMILES string of the molecule is Cc1nnc(CC2CCC(Cl)C2)s1. The highest BCUT2D eigenvalue weighted by atomic mass is 35.5. The molecule has 1 aliphatic rings. The van der Waals surface area contributed by atoms with Gasteiger partial charge in [-0.05, 0) is 32.1 Å². The Hall–Kier alpha value is -0.150. The van der Waals surface area contributed by atoms with Crippen LogP contribution in [0.5, 0.6) is 0 Å².